The normalized spacial score (nSPS) is 18.7. The summed E-state index contributed by atoms with van der Waals surface area (Å²) in [5, 5.41) is 2.86. The molecular weight excluding hydrogens is 232 g/mol. The van der Waals surface area contributed by atoms with Gasteiger partial charge in [-0.3, -0.25) is 4.79 Å². The molecule has 1 aromatic heterocycles. The van der Waals surface area contributed by atoms with E-state index in [2.05, 4.69) is 15.3 Å². The Morgan fingerprint density at radius 3 is 2.94 bits per heavy atom. The van der Waals surface area contributed by atoms with E-state index in [1.54, 1.807) is 25.2 Å². The minimum absolute atomic E-state index is 0.124. The summed E-state index contributed by atoms with van der Waals surface area (Å²) in [4.78, 5) is 21.9. The molecule has 0 spiro atoms. The molecule has 1 aliphatic rings. The standard InChI is InChI=1S/C12H18N4O2/c1-13-11-7-14-10(6-15-11)12(17)16(2)8-9-4-3-5-18-9/h6-7,9H,3-5,8H2,1-2H3,(H,13,15). The monoisotopic (exact) mass is 250 g/mol. The Morgan fingerprint density at radius 1 is 1.56 bits per heavy atom. The number of aromatic nitrogens is 2. The predicted molar refractivity (Wildman–Crippen MR) is 67.5 cm³/mol. The molecule has 1 saturated heterocycles. The number of carbonyl (C=O) groups excluding carboxylic acids is 1. The average molecular weight is 250 g/mol. The highest BCUT2D eigenvalue weighted by Gasteiger charge is 2.21. The molecule has 98 valence electrons. The van der Waals surface area contributed by atoms with Gasteiger partial charge in [0.25, 0.3) is 5.91 Å². The third kappa shape index (κ3) is 2.95. The first-order chi connectivity index (χ1) is 8.70. The van der Waals surface area contributed by atoms with Crippen molar-refractivity contribution in [1.82, 2.24) is 14.9 Å². The highest BCUT2D eigenvalue weighted by molar-refractivity contribution is 5.91. The lowest BCUT2D eigenvalue weighted by Crippen LogP contribution is -2.34. The number of nitrogens with one attached hydrogen (secondary N) is 1. The fourth-order valence-electron chi connectivity index (χ4n) is 1.94. The molecule has 1 aromatic rings. The molecule has 6 heteroatoms. The van der Waals surface area contributed by atoms with E-state index in [4.69, 9.17) is 4.74 Å². The molecule has 0 aliphatic carbocycles. The Kier molecular flexibility index (Phi) is 4.09. The summed E-state index contributed by atoms with van der Waals surface area (Å²) >= 11 is 0. The zero-order valence-corrected chi connectivity index (χ0v) is 10.7. The number of hydrogen-bond donors (Lipinski definition) is 1. The number of likely N-dealkylation sites (N-methyl/N-ethyl adjacent to an activating group) is 1. The van der Waals surface area contributed by atoms with Gasteiger partial charge < -0.3 is 15.0 Å². The lowest BCUT2D eigenvalue weighted by atomic mass is 10.2. The van der Waals surface area contributed by atoms with Gasteiger partial charge in [0, 0.05) is 27.2 Å². The van der Waals surface area contributed by atoms with Crippen LogP contribution in [0.1, 0.15) is 23.3 Å². The van der Waals surface area contributed by atoms with Crippen molar-refractivity contribution in [1.29, 1.82) is 0 Å². The zero-order chi connectivity index (χ0) is 13.0. The third-order valence-electron chi connectivity index (χ3n) is 2.98. The van der Waals surface area contributed by atoms with Crippen LogP contribution in [-0.4, -0.2) is 54.1 Å². The average Bonchev–Trinajstić information content (AvgIpc) is 2.91. The van der Waals surface area contributed by atoms with Crippen molar-refractivity contribution in [2.45, 2.75) is 18.9 Å². The van der Waals surface area contributed by atoms with Crippen LogP contribution in [0.2, 0.25) is 0 Å². The van der Waals surface area contributed by atoms with E-state index in [9.17, 15) is 4.79 Å². The molecular formula is C12H18N4O2. The van der Waals surface area contributed by atoms with Gasteiger partial charge >= 0.3 is 0 Å². The quantitative estimate of drug-likeness (QED) is 0.855. The lowest BCUT2D eigenvalue weighted by molar-refractivity contribution is 0.0582. The molecule has 1 amide bonds. The second kappa shape index (κ2) is 5.77. The first kappa shape index (κ1) is 12.8. The van der Waals surface area contributed by atoms with Crippen molar-refractivity contribution in [2.24, 2.45) is 0 Å². The summed E-state index contributed by atoms with van der Waals surface area (Å²) in [5.41, 5.74) is 0.356. The minimum Gasteiger partial charge on any atom is -0.376 e. The maximum atomic E-state index is 12.1. The second-order valence-electron chi connectivity index (χ2n) is 4.36. The van der Waals surface area contributed by atoms with Crippen LogP contribution in [0.25, 0.3) is 0 Å². The van der Waals surface area contributed by atoms with Crippen molar-refractivity contribution in [3.63, 3.8) is 0 Å². The number of amides is 1. The van der Waals surface area contributed by atoms with Crippen LogP contribution in [0.3, 0.4) is 0 Å². The van der Waals surface area contributed by atoms with E-state index in [0.29, 0.717) is 18.1 Å². The Labute approximate surface area is 106 Å². The van der Waals surface area contributed by atoms with Crippen LogP contribution in [0, 0.1) is 0 Å². The van der Waals surface area contributed by atoms with Crippen molar-refractivity contribution >= 4 is 11.7 Å². The smallest absolute Gasteiger partial charge is 0.273 e. The highest BCUT2D eigenvalue weighted by atomic mass is 16.5. The summed E-state index contributed by atoms with van der Waals surface area (Å²) in [7, 11) is 3.52. The number of hydrogen-bond acceptors (Lipinski definition) is 5. The van der Waals surface area contributed by atoms with Gasteiger partial charge in [0.2, 0.25) is 0 Å². The van der Waals surface area contributed by atoms with Crippen molar-refractivity contribution < 1.29 is 9.53 Å². The van der Waals surface area contributed by atoms with Gasteiger partial charge in [-0.25, -0.2) is 9.97 Å². The Bertz CT molecular complexity index is 401. The highest BCUT2D eigenvalue weighted by Crippen LogP contribution is 2.13. The second-order valence-corrected chi connectivity index (χ2v) is 4.36. The number of anilines is 1. The fraction of sp³-hybridized carbons (Fsp3) is 0.583. The molecule has 0 bridgehead atoms. The van der Waals surface area contributed by atoms with Crippen LogP contribution >= 0.6 is 0 Å². The van der Waals surface area contributed by atoms with Crippen LogP contribution in [0.15, 0.2) is 12.4 Å². The number of nitrogens with zero attached hydrogens (tertiary/aromatic N) is 3. The molecule has 1 unspecified atom stereocenters. The summed E-state index contributed by atoms with van der Waals surface area (Å²) in [6.45, 7) is 1.40. The SMILES string of the molecule is CNc1cnc(C(=O)N(C)CC2CCCO2)cn1. The number of rotatable bonds is 4. The Balaban J connectivity index is 1.95. The summed E-state index contributed by atoms with van der Waals surface area (Å²) in [6, 6.07) is 0. The zero-order valence-electron chi connectivity index (χ0n) is 10.7. The van der Waals surface area contributed by atoms with Gasteiger partial charge in [-0.1, -0.05) is 0 Å². The van der Waals surface area contributed by atoms with E-state index in [1.165, 1.54) is 6.20 Å². The lowest BCUT2D eigenvalue weighted by Gasteiger charge is -2.20. The van der Waals surface area contributed by atoms with Crippen LogP contribution in [-0.2, 0) is 4.74 Å². The van der Waals surface area contributed by atoms with E-state index in [1.807, 2.05) is 0 Å². The summed E-state index contributed by atoms with van der Waals surface area (Å²) in [5.74, 6) is 0.522. The molecule has 18 heavy (non-hydrogen) atoms. The molecule has 2 heterocycles. The van der Waals surface area contributed by atoms with Crippen LogP contribution in [0.5, 0.6) is 0 Å². The van der Waals surface area contributed by atoms with Gasteiger partial charge in [-0.15, -0.1) is 0 Å². The van der Waals surface area contributed by atoms with Gasteiger partial charge in [-0.05, 0) is 12.8 Å². The molecule has 0 aromatic carbocycles. The topological polar surface area (TPSA) is 67.4 Å². The van der Waals surface area contributed by atoms with E-state index in [-0.39, 0.29) is 12.0 Å². The molecule has 6 nitrogen and oxygen atoms in total. The molecule has 0 saturated carbocycles. The van der Waals surface area contributed by atoms with Gasteiger partial charge in [0.1, 0.15) is 11.5 Å². The van der Waals surface area contributed by atoms with Crippen molar-refractivity contribution in [2.75, 3.05) is 32.6 Å². The first-order valence-corrected chi connectivity index (χ1v) is 6.07. The third-order valence-corrected chi connectivity index (χ3v) is 2.98. The van der Waals surface area contributed by atoms with Crippen molar-refractivity contribution in [3.05, 3.63) is 18.1 Å². The first-order valence-electron chi connectivity index (χ1n) is 6.07. The summed E-state index contributed by atoms with van der Waals surface area (Å²) < 4.78 is 5.51. The van der Waals surface area contributed by atoms with Gasteiger partial charge in [-0.2, -0.15) is 0 Å². The molecule has 1 fully saturated rings. The molecule has 0 radical (unpaired) electrons. The van der Waals surface area contributed by atoms with E-state index >= 15 is 0 Å². The Morgan fingerprint density at radius 2 is 2.39 bits per heavy atom. The molecule has 1 atom stereocenters. The van der Waals surface area contributed by atoms with Crippen LogP contribution < -0.4 is 5.32 Å². The van der Waals surface area contributed by atoms with Crippen molar-refractivity contribution in [3.8, 4) is 0 Å². The van der Waals surface area contributed by atoms with Gasteiger partial charge in [0.05, 0.1) is 18.5 Å². The number of ether oxygens (including phenoxy) is 1. The van der Waals surface area contributed by atoms with Crippen LogP contribution in [0.4, 0.5) is 5.82 Å². The molecule has 1 N–H and O–H groups in total. The maximum Gasteiger partial charge on any atom is 0.273 e. The fourth-order valence-corrected chi connectivity index (χ4v) is 1.94. The van der Waals surface area contributed by atoms with E-state index < -0.39 is 0 Å². The van der Waals surface area contributed by atoms with E-state index in [0.717, 1.165) is 19.4 Å². The number of carbonyl (C=O) groups is 1. The largest absolute Gasteiger partial charge is 0.376 e. The minimum atomic E-state index is -0.124. The molecule has 2 rings (SSSR count). The Hall–Kier alpha value is -1.69. The summed E-state index contributed by atoms with van der Waals surface area (Å²) in [6.07, 6.45) is 5.28. The molecule has 1 aliphatic heterocycles. The van der Waals surface area contributed by atoms with Gasteiger partial charge in [0.15, 0.2) is 0 Å². The maximum absolute atomic E-state index is 12.1. The predicted octanol–water partition coefficient (Wildman–Crippen LogP) is 0.769.